The Morgan fingerprint density at radius 1 is 1.32 bits per heavy atom. The SMILES string of the molecule is CC#CC(=O)N[C@H]1CC[C@@]23CCCN2C(=O)CCC[C@H]3[C@H]1C. The summed E-state index contributed by atoms with van der Waals surface area (Å²) >= 11 is 0. The predicted octanol–water partition coefficient (Wildman–Crippen LogP) is 2.09. The van der Waals surface area contributed by atoms with E-state index in [9.17, 15) is 9.59 Å². The molecule has 1 saturated carbocycles. The van der Waals surface area contributed by atoms with E-state index in [0.29, 0.717) is 24.2 Å². The van der Waals surface area contributed by atoms with Crippen molar-refractivity contribution < 1.29 is 9.59 Å². The minimum Gasteiger partial charge on any atom is -0.342 e. The average Bonchev–Trinajstić information content (AvgIpc) is 2.85. The molecule has 2 heterocycles. The Labute approximate surface area is 133 Å². The molecular formula is C18H26N2O2. The van der Waals surface area contributed by atoms with Crippen molar-refractivity contribution in [1.29, 1.82) is 0 Å². The van der Waals surface area contributed by atoms with E-state index in [2.05, 4.69) is 29.0 Å². The maximum atomic E-state index is 12.4. The zero-order valence-electron chi connectivity index (χ0n) is 13.7. The Morgan fingerprint density at radius 3 is 2.91 bits per heavy atom. The molecule has 0 aromatic rings. The molecule has 0 bridgehead atoms. The standard InChI is InChI=1S/C18H26N2O2/c1-3-6-16(21)19-15-9-11-18-10-5-12-20(18)17(22)8-4-7-14(18)13(15)2/h13-15H,4-5,7-12H2,1-2H3,(H,19,21)/t13-,14+,15+,18-/m1/s1. The highest BCUT2D eigenvalue weighted by Gasteiger charge is 2.55. The van der Waals surface area contributed by atoms with Crippen LogP contribution in [-0.4, -0.2) is 34.8 Å². The monoisotopic (exact) mass is 302 g/mol. The summed E-state index contributed by atoms with van der Waals surface area (Å²) in [5, 5.41) is 3.09. The quantitative estimate of drug-likeness (QED) is 0.754. The predicted molar refractivity (Wildman–Crippen MR) is 84.8 cm³/mol. The van der Waals surface area contributed by atoms with E-state index in [1.54, 1.807) is 6.92 Å². The summed E-state index contributed by atoms with van der Waals surface area (Å²) in [6.45, 7) is 4.87. The number of rotatable bonds is 1. The van der Waals surface area contributed by atoms with Gasteiger partial charge < -0.3 is 10.2 Å². The molecule has 1 aliphatic carbocycles. The number of nitrogens with one attached hydrogen (secondary N) is 1. The minimum atomic E-state index is -0.164. The van der Waals surface area contributed by atoms with Crippen LogP contribution in [0.3, 0.4) is 0 Å². The molecule has 2 amide bonds. The molecular weight excluding hydrogens is 276 g/mol. The molecule has 3 fully saturated rings. The van der Waals surface area contributed by atoms with Gasteiger partial charge in [-0.2, -0.15) is 0 Å². The van der Waals surface area contributed by atoms with Gasteiger partial charge in [0, 0.05) is 24.5 Å². The molecule has 3 aliphatic rings. The van der Waals surface area contributed by atoms with Gasteiger partial charge in [-0.1, -0.05) is 12.8 Å². The summed E-state index contributed by atoms with van der Waals surface area (Å²) in [6, 6.07) is 0.194. The lowest BCUT2D eigenvalue weighted by Gasteiger charge is -2.52. The molecule has 2 saturated heterocycles. The largest absolute Gasteiger partial charge is 0.342 e. The van der Waals surface area contributed by atoms with E-state index >= 15 is 0 Å². The van der Waals surface area contributed by atoms with Crippen molar-refractivity contribution in [3.05, 3.63) is 0 Å². The third-order valence-corrected chi connectivity index (χ3v) is 6.14. The number of amides is 2. The first-order valence-corrected chi connectivity index (χ1v) is 8.62. The second-order valence-corrected chi connectivity index (χ2v) is 7.10. The lowest BCUT2D eigenvalue weighted by atomic mass is 9.63. The molecule has 0 unspecified atom stereocenters. The maximum Gasteiger partial charge on any atom is 0.296 e. The number of hydrogen-bond donors (Lipinski definition) is 1. The highest BCUT2D eigenvalue weighted by molar-refractivity contribution is 5.93. The molecule has 4 heteroatoms. The van der Waals surface area contributed by atoms with Crippen molar-refractivity contribution in [3.63, 3.8) is 0 Å². The van der Waals surface area contributed by atoms with Crippen LogP contribution in [0.1, 0.15) is 58.8 Å². The lowest BCUT2D eigenvalue weighted by Crippen LogP contribution is -2.59. The van der Waals surface area contributed by atoms with Crippen LogP contribution in [-0.2, 0) is 9.59 Å². The van der Waals surface area contributed by atoms with Crippen LogP contribution in [0, 0.1) is 23.7 Å². The van der Waals surface area contributed by atoms with Crippen LogP contribution in [0.2, 0.25) is 0 Å². The smallest absolute Gasteiger partial charge is 0.296 e. The molecule has 3 rings (SSSR count). The highest BCUT2D eigenvalue weighted by Crippen LogP contribution is 2.51. The Morgan fingerprint density at radius 2 is 2.14 bits per heavy atom. The molecule has 120 valence electrons. The average molecular weight is 302 g/mol. The maximum absolute atomic E-state index is 12.4. The second kappa shape index (κ2) is 5.95. The van der Waals surface area contributed by atoms with Gasteiger partial charge in [0.2, 0.25) is 5.91 Å². The van der Waals surface area contributed by atoms with Crippen LogP contribution < -0.4 is 5.32 Å². The van der Waals surface area contributed by atoms with Gasteiger partial charge in [-0.05, 0) is 63.2 Å². The second-order valence-electron chi connectivity index (χ2n) is 7.10. The van der Waals surface area contributed by atoms with Gasteiger partial charge in [0.1, 0.15) is 0 Å². The van der Waals surface area contributed by atoms with E-state index in [-0.39, 0.29) is 17.5 Å². The van der Waals surface area contributed by atoms with Crippen molar-refractivity contribution in [2.45, 2.75) is 70.4 Å². The van der Waals surface area contributed by atoms with Crippen molar-refractivity contribution in [2.24, 2.45) is 11.8 Å². The molecule has 22 heavy (non-hydrogen) atoms. The van der Waals surface area contributed by atoms with Gasteiger partial charge in [0.25, 0.3) is 5.91 Å². The van der Waals surface area contributed by atoms with Gasteiger partial charge >= 0.3 is 0 Å². The topological polar surface area (TPSA) is 49.4 Å². The fraction of sp³-hybridized carbons (Fsp3) is 0.778. The molecule has 0 aromatic heterocycles. The molecule has 2 aliphatic heterocycles. The van der Waals surface area contributed by atoms with Crippen LogP contribution in [0.4, 0.5) is 0 Å². The number of carbonyl (C=O) groups is 2. The molecule has 1 spiro atoms. The molecule has 4 atom stereocenters. The van der Waals surface area contributed by atoms with Crippen molar-refractivity contribution in [2.75, 3.05) is 6.54 Å². The van der Waals surface area contributed by atoms with Crippen LogP contribution >= 0.6 is 0 Å². The van der Waals surface area contributed by atoms with Crippen LogP contribution in [0.5, 0.6) is 0 Å². The third-order valence-electron chi connectivity index (χ3n) is 6.14. The van der Waals surface area contributed by atoms with Gasteiger partial charge in [0.05, 0.1) is 0 Å². The third kappa shape index (κ3) is 2.41. The van der Waals surface area contributed by atoms with Crippen molar-refractivity contribution >= 4 is 11.8 Å². The fourth-order valence-electron chi connectivity index (χ4n) is 5.20. The Balaban J connectivity index is 1.82. The summed E-state index contributed by atoms with van der Waals surface area (Å²) in [5.41, 5.74) is 0.0741. The summed E-state index contributed by atoms with van der Waals surface area (Å²) in [4.78, 5) is 26.4. The van der Waals surface area contributed by atoms with Crippen LogP contribution in [0.15, 0.2) is 0 Å². The molecule has 0 aromatic carbocycles. The molecule has 4 nitrogen and oxygen atoms in total. The van der Waals surface area contributed by atoms with Crippen LogP contribution in [0.25, 0.3) is 0 Å². The van der Waals surface area contributed by atoms with Gasteiger partial charge in [-0.15, -0.1) is 0 Å². The Hall–Kier alpha value is -1.50. The molecule has 1 N–H and O–H groups in total. The lowest BCUT2D eigenvalue weighted by molar-refractivity contribution is -0.138. The summed E-state index contributed by atoms with van der Waals surface area (Å²) in [7, 11) is 0. The number of nitrogens with zero attached hydrogens (tertiary/aromatic N) is 1. The first-order valence-electron chi connectivity index (χ1n) is 8.62. The van der Waals surface area contributed by atoms with E-state index in [1.807, 2.05) is 0 Å². The summed E-state index contributed by atoms with van der Waals surface area (Å²) < 4.78 is 0. The van der Waals surface area contributed by atoms with E-state index in [1.165, 1.54) is 0 Å². The zero-order chi connectivity index (χ0) is 15.7. The summed E-state index contributed by atoms with van der Waals surface area (Å²) in [6.07, 6.45) is 7.05. The first-order chi connectivity index (χ1) is 10.6. The van der Waals surface area contributed by atoms with E-state index < -0.39 is 0 Å². The van der Waals surface area contributed by atoms with Gasteiger partial charge in [-0.25, -0.2) is 0 Å². The summed E-state index contributed by atoms with van der Waals surface area (Å²) in [5.74, 6) is 6.35. The van der Waals surface area contributed by atoms with Crippen molar-refractivity contribution in [1.82, 2.24) is 10.2 Å². The highest BCUT2D eigenvalue weighted by atomic mass is 16.2. The first kappa shape index (κ1) is 15.4. The minimum absolute atomic E-state index is 0.0741. The van der Waals surface area contributed by atoms with Gasteiger partial charge in [0.15, 0.2) is 0 Å². The van der Waals surface area contributed by atoms with Gasteiger partial charge in [-0.3, -0.25) is 9.59 Å². The Kier molecular flexibility index (Phi) is 4.16. The number of carbonyl (C=O) groups excluding carboxylic acids is 2. The normalized spacial score (nSPS) is 37.5. The van der Waals surface area contributed by atoms with E-state index in [0.717, 1.165) is 45.1 Å². The van der Waals surface area contributed by atoms with Crippen molar-refractivity contribution in [3.8, 4) is 11.8 Å². The zero-order valence-corrected chi connectivity index (χ0v) is 13.7. The Bertz CT molecular complexity index is 533. The number of hydrogen-bond acceptors (Lipinski definition) is 2. The van der Waals surface area contributed by atoms with E-state index in [4.69, 9.17) is 0 Å². The fourth-order valence-corrected chi connectivity index (χ4v) is 5.20. The molecule has 0 radical (unpaired) electrons.